The summed E-state index contributed by atoms with van der Waals surface area (Å²) in [6, 6.07) is 7.67. The van der Waals surface area contributed by atoms with Crippen molar-refractivity contribution in [3.05, 3.63) is 41.7 Å². The molecule has 0 unspecified atom stereocenters. The third kappa shape index (κ3) is 2.67. The van der Waals surface area contributed by atoms with E-state index in [1.165, 1.54) is 0 Å². The van der Waals surface area contributed by atoms with Crippen LogP contribution in [0.5, 0.6) is 0 Å². The van der Waals surface area contributed by atoms with Crippen molar-refractivity contribution >= 4 is 17.6 Å². The normalized spacial score (nSPS) is 16.3. The molecule has 1 N–H and O–H groups in total. The van der Waals surface area contributed by atoms with E-state index in [-0.39, 0.29) is 6.61 Å². The highest BCUT2D eigenvalue weighted by Crippen LogP contribution is 2.34. The van der Waals surface area contributed by atoms with Crippen LogP contribution >= 0.6 is 0 Å². The zero-order valence-corrected chi connectivity index (χ0v) is 12.6. The van der Waals surface area contributed by atoms with Crippen LogP contribution in [0, 0.1) is 0 Å². The third-order valence-corrected chi connectivity index (χ3v) is 4.01. The molecule has 1 aromatic heterocycles. The minimum Gasteiger partial charge on any atom is -0.392 e. The Morgan fingerprint density at radius 3 is 2.87 bits per heavy atom. The molecular weight excluding hydrogens is 292 g/mol. The monoisotopic (exact) mass is 309 g/mol. The molecule has 0 bridgehead atoms. The Morgan fingerprint density at radius 2 is 2.04 bits per heavy atom. The van der Waals surface area contributed by atoms with E-state index in [0.29, 0.717) is 19.0 Å². The Bertz CT molecular complexity index is 754. The zero-order chi connectivity index (χ0) is 15.6. The van der Waals surface area contributed by atoms with Crippen LogP contribution in [0.3, 0.4) is 0 Å². The van der Waals surface area contributed by atoms with Gasteiger partial charge in [-0.25, -0.2) is 9.97 Å². The molecule has 23 heavy (non-hydrogen) atoms. The van der Waals surface area contributed by atoms with Crippen molar-refractivity contribution in [3.63, 3.8) is 0 Å². The van der Waals surface area contributed by atoms with Crippen molar-refractivity contribution in [1.82, 2.24) is 15.3 Å². The van der Waals surface area contributed by atoms with Crippen LogP contribution in [0.15, 0.2) is 30.5 Å². The van der Waals surface area contributed by atoms with Gasteiger partial charge in [0.25, 0.3) is 0 Å². The van der Waals surface area contributed by atoms with Gasteiger partial charge in [0.15, 0.2) is 11.6 Å². The summed E-state index contributed by atoms with van der Waals surface area (Å²) in [5.74, 6) is 1.51. The summed E-state index contributed by atoms with van der Waals surface area (Å²) in [4.78, 5) is 11.6. The molecule has 4 rings (SSSR count). The smallest absolute Gasteiger partial charge is 0.162 e. The number of nitrogens with zero attached hydrogens (tertiary/aromatic N) is 4. The third-order valence-electron chi connectivity index (χ3n) is 4.01. The summed E-state index contributed by atoms with van der Waals surface area (Å²) >= 11 is 0. The lowest BCUT2D eigenvalue weighted by atomic mass is 10.1. The maximum absolute atomic E-state index is 9.33. The first-order valence-corrected chi connectivity index (χ1v) is 7.67. The molecule has 0 amide bonds. The van der Waals surface area contributed by atoms with E-state index < -0.39 is 0 Å². The molecular formula is C17H17N4O2. The lowest BCUT2D eigenvalue weighted by Crippen LogP contribution is -2.37. The topological polar surface area (TPSA) is 72.6 Å². The van der Waals surface area contributed by atoms with Gasteiger partial charge in [0.1, 0.15) is 5.69 Å². The summed E-state index contributed by atoms with van der Waals surface area (Å²) in [5.41, 5.74) is 3.41. The second kappa shape index (κ2) is 5.98. The molecule has 0 atom stereocenters. The molecule has 3 heterocycles. The lowest BCUT2D eigenvalue weighted by Gasteiger charge is -2.29. The van der Waals surface area contributed by atoms with E-state index in [9.17, 15) is 5.11 Å². The van der Waals surface area contributed by atoms with Crippen LogP contribution in [-0.4, -0.2) is 41.4 Å². The number of aliphatic hydroxyl groups is 1. The molecule has 1 saturated heterocycles. The number of rotatable bonds is 3. The molecule has 1 fully saturated rings. The van der Waals surface area contributed by atoms with Gasteiger partial charge in [-0.15, -0.1) is 0 Å². The van der Waals surface area contributed by atoms with Gasteiger partial charge in [0, 0.05) is 24.9 Å². The van der Waals surface area contributed by atoms with E-state index in [1.807, 2.05) is 30.3 Å². The molecule has 0 saturated carbocycles. The highest BCUT2D eigenvalue weighted by Gasteiger charge is 2.23. The average molecular weight is 309 g/mol. The number of hydrogen-bond donors (Lipinski definition) is 1. The van der Waals surface area contributed by atoms with Crippen molar-refractivity contribution in [3.8, 4) is 11.4 Å². The molecule has 1 aromatic carbocycles. The van der Waals surface area contributed by atoms with Gasteiger partial charge >= 0.3 is 0 Å². The number of morpholine rings is 1. The summed E-state index contributed by atoms with van der Waals surface area (Å²) in [7, 11) is 0. The Balaban J connectivity index is 1.79. The maximum Gasteiger partial charge on any atom is 0.162 e. The van der Waals surface area contributed by atoms with Crippen LogP contribution in [0.1, 0.15) is 11.3 Å². The molecule has 6 heteroatoms. The van der Waals surface area contributed by atoms with Gasteiger partial charge in [-0.05, 0) is 17.7 Å². The summed E-state index contributed by atoms with van der Waals surface area (Å²) in [6.07, 6.45) is 3.66. The average Bonchev–Trinajstić information content (AvgIpc) is 3.10. The van der Waals surface area contributed by atoms with Crippen LogP contribution < -0.4 is 10.2 Å². The number of aliphatic hydroxyl groups excluding tert-OH is 1. The highest BCUT2D eigenvalue weighted by molar-refractivity contribution is 5.78. The number of fused-ring (bicyclic) bond motifs is 1. The Labute approximate surface area is 134 Å². The quantitative estimate of drug-likeness (QED) is 0.934. The second-order valence-corrected chi connectivity index (χ2v) is 5.51. The molecule has 2 aromatic rings. The molecule has 1 radical (unpaired) electrons. The fourth-order valence-corrected chi connectivity index (χ4v) is 2.82. The zero-order valence-electron chi connectivity index (χ0n) is 12.6. The van der Waals surface area contributed by atoms with Gasteiger partial charge in [-0.3, -0.25) is 5.32 Å². The number of aromatic nitrogens is 2. The molecule has 117 valence electrons. The Hall–Kier alpha value is -2.44. The SMILES string of the molecule is OCc1cccc(-c2nc3c(c(N4CCOCC4)n2)[N]C=C3)c1. The van der Waals surface area contributed by atoms with Crippen molar-refractivity contribution in [2.45, 2.75) is 6.61 Å². The summed E-state index contributed by atoms with van der Waals surface area (Å²) in [6.45, 7) is 3.00. The summed E-state index contributed by atoms with van der Waals surface area (Å²) in [5, 5.41) is 13.7. The van der Waals surface area contributed by atoms with Gasteiger partial charge in [-0.1, -0.05) is 18.2 Å². The maximum atomic E-state index is 9.33. The van der Waals surface area contributed by atoms with E-state index in [4.69, 9.17) is 9.72 Å². The number of benzene rings is 1. The highest BCUT2D eigenvalue weighted by atomic mass is 16.5. The van der Waals surface area contributed by atoms with E-state index >= 15 is 0 Å². The first kappa shape index (κ1) is 14.2. The minimum atomic E-state index is 0.00430. The Kier molecular flexibility index (Phi) is 3.69. The number of anilines is 1. The fourth-order valence-electron chi connectivity index (χ4n) is 2.82. The first-order chi connectivity index (χ1) is 11.3. The van der Waals surface area contributed by atoms with Gasteiger partial charge in [0.2, 0.25) is 0 Å². The van der Waals surface area contributed by atoms with Crippen LogP contribution in [0.25, 0.3) is 17.5 Å². The Morgan fingerprint density at radius 1 is 1.17 bits per heavy atom. The minimum absolute atomic E-state index is 0.00430. The standard InChI is InChI=1S/C17H17N4O2/c22-11-12-2-1-3-13(10-12)16-19-14-4-5-18-15(14)17(20-16)21-6-8-23-9-7-21/h1-5,10,22H,6-9,11H2. The van der Waals surface area contributed by atoms with Crippen molar-refractivity contribution in [2.24, 2.45) is 0 Å². The van der Waals surface area contributed by atoms with E-state index in [0.717, 1.165) is 41.4 Å². The largest absolute Gasteiger partial charge is 0.392 e. The molecule has 0 aliphatic carbocycles. The summed E-state index contributed by atoms with van der Waals surface area (Å²) < 4.78 is 5.43. The number of ether oxygens (including phenoxy) is 1. The molecule has 2 aliphatic heterocycles. The number of hydrogen-bond acceptors (Lipinski definition) is 5. The predicted octanol–water partition coefficient (Wildman–Crippen LogP) is 1.69. The fraction of sp³-hybridized carbons (Fsp3) is 0.294. The van der Waals surface area contributed by atoms with Crippen LogP contribution in [-0.2, 0) is 11.3 Å². The first-order valence-electron chi connectivity index (χ1n) is 7.67. The van der Waals surface area contributed by atoms with E-state index in [2.05, 4.69) is 15.2 Å². The van der Waals surface area contributed by atoms with Crippen LogP contribution in [0.2, 0.25) is 0 Å². The van der Waals surface area contributed by atoms with Crippen molar-refractivity contribution < 1.29 is 9.84 Å². The predicted molar refractivity (Wildman–Crippen MR) is 87.3 cm³/mol. The van der Waals surface area contributed by atoms with Gasteiger partial charge in [-0.2, -0.15) is 0 Å². The molecule has 2 aliphatic rings. The van der Waals surface area contributed by atoms with Crippen LogP contribution in [0.4, 0.5) is 11.5 Å². The molecule has 6 nitrogen and oxygen atoms in total. The van der Waals surface area contributed by atoms with Crippen molar-refractivity contribution in [1.29, 1.82) is 0 Å². The lowest BCUT2D eigenvalue weighted by molar-refractivity contribution is 0.122. The molecule has 0 spiro atoms. The van der Waals surface area contributed by atoms with E-state index in [1.54, 1.807) is 6.20 Å². The van der Waals surface area contributed by atoms with Crippen molar-refractivity contribution in [2.75, 3.05) is 31.2 Å². The second-order valence-electron chi connectivity index (χ2n) is 5.51. The van der Waals surface area contributed by atoms with Gasteiger partial charge < -0.3 is 14.7 Å². The van der Waals surface area contributed by atoms with Gasteiger partial charge in [0.05, 0.1) is 25.5 Å².